The number of rotatable bonds is 6. The smallest absolute Gasteiger partial charge is 0.410 e. The predicted molar refractivity (Wildman–Crippen MR) is 88.8 cm³/mol. The van der Waals surface area contributed by atoms with Gasteiger partial charge in [-0.2, -0.15) is 0 Å². The van der Waals surface area contributed by atoms with Crippen LogP contribution in [0.4, 0.5) is 4.79 Å². The van der Waals surface area contributed by atoms with Crippen LogP contribution in [-0.2, 0) is 4.74 Å². The third-order valence-corrected chi connectivity index (χ3v) is 4.09. The van der Waals surface area contributed by atoms with E-state index in [-0.39, 0.29) is 6.09 Å². The Hall–Kier alpha value is -1.07. The molecule has 0 aliphatic carbocycles. The standard InChI is InChI=1S/C16H28N2O2S/c1-12(10-17-13(2)14-8-7-9-21-14)11-18(6)15(19)20-16(3,4)5/h7-9,12-13,17H,10-11H2,1-6H3. The van der Waals surface area contributed by atoms with Crippen LogP contribution in [0.1, 0.15) is 45.5 Å². The summed E-state index contributed by atoms with van der Waals surface area (Å²) in [6.45, 7) is 11.5. The second kappa shape index (κ2) is 7.80. The van der Waals surface area contributed by atoms with Crippen LogP contribution in [0.15, 0.2) is 17.5 Å². The number of ether oxygens (including phenoxy) is 1. The summed E-state index contributed by atoms with van der Waals surface area (Å²) in [5.74, 6) is 0.366. The van der Waals surface area contributed by atoms with Crippen molar-refractivity contribution in [3.05, 3.63) is 22.4 Å². The van der Waals surface area contributed by atoms with E-state index in [2.05, 4.69) is 36.7 Å². The first-order valence-electron chi connectivity index (χ1n) is 7.40. The Labute approximate surface area is 132 Å². The molecule has 1 rings (SSSR count). The highest BCUT2D eigenvalue weighted by atomic mass is 32.1. The van der Waals surface area contributed by atoms with Crippen LogP contribution in [0.5, 0.6) is 0 Å². The average molecular weight is 312 g/mol. The molecule has 21 heavy (non-hydrogen) atoms. The number of hydrogen-bond donors (Lipinski definition) is 1. The number of carbonyl (C=O) groups is 1. The van der Waals surface area contributed by atoms with Crippen molar-refractivity contribution >= 4 is 17.4 Å². The van der Waals surface area contributed by atoms with Gasteiger partial charge in [0.05, 0.1) is 0 Å². The minimum absolute atomic E-state index is 0.263. The van der Waals surface area contributed by atoms with Crippen molar-refractivity contribution in [3.8, 4) is 0 Å². The van der Waals surface area contributed by atoms with E-state index in [1.165, 1.54) is 4.88 Å². The maximum atomic E-state index is 11.9. The fraction of sp³-hybridized carbons (Fsp3) is 0.688. The lowest BCUT2D eigenvalue weighted by Crippen LogP contribution is -2.38. The van der Waals surface area contributed by atoms with E-state index in [0.29, 0.717) is 18.5 Å². The zero-order valence-electron chi connectivity index (χ0n) is 14.0. The van der Waals surface area contributed by atoms with Gasteiger partial charge >= 0.3 is 6.09 Å². The lowest BCUT2D eigenvalue weighted by atomic mass is 10.1. The molecule has 1 aromatic rings. The summed E-state index contributed by atoms with van der Waals surface area (Å²) in [6, 6.07) is 4.55. The normalized spacial score (nSPS) is 14.6. The van der Waals surface area contributed by atoms with Crippen LogP contribution in [0, 0.1) is 5.92 Å². The molecule has 1 heterocycles. The molecule has 1 aromatic heterocycles. The monoisotopic (exact) mass is 312 g/mol. The second-order valence-electron chi connectivity index (χ2n) is 6.61. The molecular formula is C16H28N2O2S. The van der Waals surface area contributed by atoms with Crippen LogP contribution >= 0.6 is 11.3 Å². The van der Waals surface area contributed by atoms with E-state index in [1.54, 1.807) is 23.3 Å². The third kappa shape index (κ3) is 6.96. The number of thiophene rings is 1. The average Bonchev–Trinajstić information content (AvgIpc) is 2.87. The van der Waals surface area contributed by atoms with Crippen molar-refractivity contribution in [2.75, 3.05) is 20.1 Å². The zero-order chi connectivity index (χ0) is 16.0. The highest BCUT2D eigenvalue weighted by molar-refractivity contribution is 7.10. The van der Waals surface area contributed by atoms with Gasteiger partial charge in [-0.1, -0.05) is 13.0 Å². The van der Waals surface area contributed by atoms with Crippen molar-refractivity contribution in [2.24, 2.45) is 5.92 Å². The first-order valence-corrected chi connectivity index (χ1v) is 8.28. The highest BCUT2D eigenvalue weighted by Crippen LogP contribution is 2.18. The first-order chi connectivity index (χ1) is 9.69. The molecule has 1 amide bonds. The van der Waals surface area contributed by atoms with Crippen molar-refractivity contribution in [1.29, 1.82) is 0 Å². The Kier molecular flexibility index (Phi) is 6.68. The number of nitrogens with one attached hydrogen (secondary N) is 1. The van der Waals surface area contributed by atoms with E-state index in [4.69, 9.17) is 4.74 Å². The summed E-state index contributed by atoms with van der Waals surface area (Å²) >= 11 is 1.76. The van der Waals surface area contributed by atoms with E-state index in [1.807, 2.05) is 20.8 Å². The van der Waals surface area contributed by atoms with Gasteiger partial charge in [-0.15, -0.1) is 11.3 Å². The predicted octanol–water partition coefficient (Wildman–Crippen LogP) is 3.90. The molecule has 0 saturated carbocycles. The van der Waals surface area contributed by atoms with Gasteiger partial charge in [0.25, 0.3) is 0 Å². The molecule has 0 saturated heterocycles. The van der Waals surface area contributed by atoms with Crippen molar-refractivity contribution < 1.29 is 9.53 Å². The molecule has 0 aliphatic heterocycles. The fourth-order valence-corrected chi connectivity index (χ4v) is 2.72. The Morgan fingerprint density at radius 2 is 2.10 bits per heavy atom. The van der Waals surface area contributed by atoms with Crippen LogP contribution in [0.25, 0.3) is 0 Å². The van der Waals surface area contributed by atoms with Gasteiger partial charge in [-0.05, 0) is 51.6 Å². The lowest BCUT2D eigenvalue weighted by Gasteiger charge is -2.27. The van der Waals surface area contributed by atoms with E-state index in [0.717, 1.165) is 6.54 Å². The molecule has 0 bridgehead atoms. The Bertz CT molecular complexity index is 426. The Balaban J connectivity index is 2.32. The molecule has 1 N–H and O–H groups in total. The van der Waals surface area contributed by atoms with Crippen LogP contribution in [0.3, 0.4) is 0 Å². The zero-order valence-corrected chi connectivity index (χ0v) is 14.8. The van der Waals surface area contributed by atoms with Gasteiger partial charge in [0, 0.05) is 24.5 Å². The summed E-state index contributed by atoms with van der Waals surface area (Å²) in [4.78, 5) is 14.9. The van der Waals surface area contributed by atoms with Crippen molar-refractivity contribution in [1.82, 2.24) is 10.2 Å². The quantitative estimate of drug-likeness (QED) is 0.866. The molecule has 5 heteroatoms. The van der Waals surface area contributed by atoms with Crippen molar-refractivity contribution in [3.63, 3.8) is 0 Å². The topological polar surface area (TPSA) is 41.6 Å². The molecule has 0 radical (unpaired) electrons. The van der Waals surface area contributed by atoms with Gasteiger partial charge in [0.15, 0.2) is 0 Å². The fourth-order valence-electron chi connectivity index (χ4n) is 1.96. The molecular weight excluding hydrogens is 284 g/mol. The van der Waals surface area contributed by atoms with Crippen LogP contribution < -0.4 is 5.32 Å². The summed E-state index contributed by atoms with van der Waals surface area (Å²) in [5, 5.41) is 5.60. The third-order valence-electron chi connectivity index (χ3n) is 3.03. The Morgan fingerprint density at radius 3 is 2.62 bits per heavy atom. The van der Waals surface area contributed by atoms with Gasteiger partial charge < -0.3 is 15.0 Å². The summed E-state index contributed by atoms with van der Waals surface area (Å²) in [5.41, 5.74) is -0.444. The minimum Gasteiger partial charge on any atom is -0.444 e. The molecule has 2 atom stereocenters. The minimum atomic E-state index is -0.444. The molecule has 0 aromatic carbocycles. The lowest BCUT2D eigenvalue weighted by molar-refractivity contribution is 0.0276. The molecule has 120 valence electrons. The largest absolute Gasteiger partial charge is 0.444 e. The van der Waals surface area contributed by atoms with Gasteiger partial charge in [-0.25, -0.2) is 4.79 Å². The summed E-state index contributed by atoms with van der Waals surface area (Å²) < 4.78 is 5.35. The highest BCUT2D eigenvalue weighted by Gasteiger charge is 2.20. The molecule has 0 fully saturated rings. The first kappa shape index (κ1) is 18.0. The Morgan fingerprint density at radius 1 is 1.43 bits per heavy atom. The SMILES string of the molecule is CC(CNC(C)c1cccs1)CN(C)C(=O)OC(C)(C)C. The van der Waals surface area contributed by atoms with E-state index in [9.17, 15) is 4.79 Å². The number of nitrogens with zero attached hydrogens (tertiary/aromatic N) is 1. The van der Waals surface area contributed by atoms with Crippen LogP contribution in [-0.4, -0.2) is 36.7 Å². The van der Waals surface area contributed by atoms with E-state index >= 15 is 0 Å². The summed E-state index contributed by atoms with van der Waals surface area (Å²) in [7, 11) is 1.78. The molecule has 2 unspecified atom stereocenters. The van der Waals surface area contributed by atoms with Crippen molar-refractivity contribution in [2.45, 2.75) is 46.3 Å². The number of carbonyl (C=O) groups excluding carboxylic acids is 1. The van der Waals surface area contributed by atoms with Gasteiger partial charge in [-0.3, -0.25) is 0 Å². The molecule has 4 nitrogen and oxygen atoms in total. The number of hydrogen-bond acceptors (Lipinski definition) is 4. The van der Waals surface area contributed by atoms with Gasteiger partial charge in [0.1, 0.15) is 5.60 Å². The number of amides is 1. The second-order valence-corrected chi connectivity index (χ2v) is 7.59. The maximum absolute atomic E-state index is 11.9. The maximum Gasteiger partial charge on any atom is 0.410 e. The van der Waals surface area contributed by atoms with Gasteiger partial charge in [0.2, 0.25) is 0 Å². The van der Waals surface area contributed by atoms with Crippen LogP contribution in [0.2, 0.25) is 0 Å². The summed E-state index contributed by atoms with van der Waals surface area (Å²) in [6.07, 6.45) is -0.263. The molecule has 0 spiro atoms. The van der Waals surface area contributed by atoms with E-state index < -0.39 is 5.60 Å². The molecule has 0 aliphatic rings.